The first-order valence-electron chi connectivity index (χ1n) is 6.84. The summed E-state index contributed by atoms with van der Waals surface area (Å²) in [5.41, 5.74) is 1.54. The number of hydrogen-bond donors (Lipinski definition) is 0. The van der Waals surface area contributed by atoms with Crippen molar-refractivity contribution in [3.63, 3.8) is 0 Å². The van der Waals surface area contributed by atoms with Gasteiger partial charge in [-0.15, -0.1) is 0 Å². The summed E-state index contributed by atoms with van der Waals surface area (Å²) in [4.78, 5) is 11.2. The number of rotatable bonds is 5. The standard InChI is InChI=1S/C14H21ClN2O/c1-10(2)7-8-17-14(15)12(9-18)13(16-17)11-5-3-4-6-11/h9-11H,3-8H2,1-2H3. The molecule has 1 fully saturated rings. The molecule has 0 saturated heterocycles. The van der Waals surface area contributed by atoms with Crippen molar-refractivity contribution >= 4 is 17.9 Å². The van der Waals surface area contributed by atoms with Gasteiger partial charge in [0.25, 0.3) is 0 Å². The van der Waals surface area contributed by atoms with Crippen LogP contribution in [-0.4, -0.2) is 16.1 Å². The highest BCUT2D eigenvalue weighted by atomic mass is 35.5. The number of nitrogens with zero attached hydrogens (tertiary/aromatic N) is 2. The molecule has 4 heteroatoms. The monoisotopic (exact) mass is 268 g/mol. The van der Waals surface area contributed by atoms with Crippen molar-refractivity contribution in [3.05, 3.63) is 16.4 Å². The summed E-state index contributed by atoms with van der Waals surface area (Å²) in [5.74, 6) is 1.04. The van der Waals surface area contributed by atoms with E-state index in [0.717, 1.165) is 37.8 Å². The molecule has 3 nitrogen and oxygen atoms in total. The van der Waals surface area contributed by atoms with Crippen LogP contribution in [-0.2, 0) is 6.54 Å². The molecule has 1 aliphatic carbocycles. The Balaban J connectivity index is 2.23. The minimum absolute atomic E-state index is 0.433. The Kier molecular flexibility index (Phi) is 4.44. The van der Waals surface area contributed by atoms with Crippen LogP contribution in [0.15, 0.2) is 0 Å². The summed E-state index contributed by atoms with van der Waals surface area (Å²) in [6.07, 6.45) is 6.65. The molecule has 0 unspecified atom stereocenters. The molecule has 0 aromatic carbocycles. The molecular formula is C14H21ClN2O. The molecule has 0 N–H and O–H groups in total. The van der Waals surface area contributed by atoms with E-state index in [1.165, 1.54) is 12.8 Å². The van der Waals surface area contributed by atoms with E-state index in [4.69, 9.17) is 11.6 Å². The molecule has 1 aromatic heterocycles. The molecule has 18 heavy (non-hydrogen) atoms. The molecule has 0 aliphatic heterocycles. The maximum Gasteiger partial charge on any atom is 0.155 e. The third kappa shape index (κ3) is 2.77. The third-order valence-electron chi connectivity index (χ3n) is 3.73. The lowest BCUT2D eigenvalue weighted by Crippen LogP contribution is -2.04. The van der Waals surface area contributed by atoms with Crippen LogP contribution in [0.3, 0.4) is 0 Å². The van der Waals surface area contributed by atoms with Crippen LogP contribution < -0.4 is 0 Å². The SMILES string of the molecule is CC(C)CCn1nc(C2CCCC2)c(C=O)c1Cl. The Labute approximate surface area is 114 Å². The lowest BCUT2D eigenvalue weighted by molar-refractivity contribution is 0.112. The van der Waals surface area contributed by atoms with Crippen molar-refractivity contribution in [1.29, 1.82) is 0 Å². The van der Waals surface area contributed by atoms with Crippen LogP contribution in [0.2, 0.25) is 5.15 Å². The highest BCUT2D eigenvalue weighted by Crippen LogP contribution is 2.36. The Morgan fingerprint density at radius 3 is 2.67 bits per heavy atom. The van der Waals surface area contributed by atoms with Crippen LogP contribution in [0.25, 0.3) is 0 Å². The van der Waals surface area contributed by atoms with Gasteiger partial charge in [0.15, 0.2) is 6.29 Å². The van der Waals surface area contributed by atoms with Gasteiger partial charge in [0.1, 0.15) is 5.15 Å². The quantitative estimate of drug-likeness (QED) is 0.755. The van der Waals surface area contributed by atoms with Crippen molar-refractivity contribution in [3.8, 4) is 0 Å². The molecule has 0 spiro atoms. The van der Waals surface area contributed by atoms with Gasteiger partial charge in [0, 0.05) is 12.5 Å². The van der Waals surface area contributed by atoms with Gasteiger partial charge in [-0.2, -0.15) is 5.10 Å². The Hall–Kier alpha value is -0.830. The van der Waals surface area contributed by atoms with E-state index < -0.39 is 0 Å². The van der Waals surface area contributed by atoms with Crippen LogP contribution in [0.1, 0.15) is 67.9 Å². The molecule has 0 amide bonds. The fraction of sp³-hybridized carbons (Fsp3) is 0.714. The van der Waals surface area contributed by atoms with Gasteiger partial charge in [-0.3, -0.25) is 9.48 Å². The Morgan fingerprint density at radius 1 is 1.44 bits per heavy atom. The van der Waals surface area contributed by atoms with E-state index in [2.05, 4.69) is 18.9 Å². The van der Waals surface area contributed by atoms with Gasteiger partial charge in [0.2, 0.25) is 0 Å². The maximum atomic E-state index is 11.2. The van der Waals surface area contributed by atoms with E-state index in [9.17, 15) is 4.79 Å². The average molecular weight is 269 g/mol. The number of aldehydes is 1. The zero-order valence-electron chi connectivity index (χ0n) is 11.2. The van der Waals surface area contributed by atoms with E-state index in [1.54, 1.807) is 4.68 Å². The number of aryl methyl sites for hydroxylation is 1. The number of halogens is 1. The van der Waals surface area contributed by atoms with E-state index in [1.807, 2.05) is 0 Å². The van der Waals surface area contributed by atoms with Crippen molar-refractivity contribution < 1.29 is 4.79 Å². The van der Waals surface area contributed by atoms with Gasteiger partial charge < -0.3 is 0 Å². The summed E-state index contributed by atoms with van der Waals surface area (Å²) in [6.45, 7) is 5.15. The molecule has 1 heterocycles. The van der Waals surface area contributed by atoms with Gasteiger partial charge in [-0.05, 0) is 25.2 Å². The smallest absolute Gasteiger partial charge is 0.155 e. The Bertz CT molecular complexity index is 420. The average Bonchev–Trinajstić information content (AvgIpc) is 2.94. The zero-order valence-corrected chi connectivity index (χ0v) is 11.9. The second kappa shape index (κ2) is 5.87. The summed E-state index contributed by atoms with van der Waals surface area (Å²) in [7, 11) is 0. The predicted octanol–water partition coefficient (Wildman–Crippen LogP) is 4.05. The molecule has 1 saturated carbocycles. The van der Waals surface area contributed by atoms with E-state index in [0.29, 0.717) is 22.6 Å². The fourth-order valence-corrected chi connectivity index (χ4v) is 2.87. The second-order valence-electron chi connectivity index (χ2n) is 5.59. The largest absolute Gasteiger partial charge is 0.298 e. The van der Waals surface area contributed by atoms with Crippen LogP contribution in [0.4, 0.5) is 0 Å². The topological polar surface area (TPSA) is 34.9 Å². The van der Waals surface area contributed by atoms with Crippen molar-refractivity contribution in [1.82, 2.24) is 9.78 Å². The summed E-state index contributed by atoms with van der Waals surface area (Å²) >= 11 is 6.26. The maximum absolute atomic E-state index is 11.2. The third-order valence-corrected chi connectivity index (χ3v) is 4.13. The first kappa shape index (κ1) is 13.6. The summed E-state index contributed by atoms with van der Waals surface area (Å²) in [6, 6.07) is 0. The fourth-order valence-electron chi connectivity index (χ4n) is 2.61. The van der Waals surface area contributed by atoms with Crippen LogP contribution in [0.5, 0.6) is 0 Å². The van der Waals surface area contributed by atoms with Crippen molar-refractivity contribution in [2.75, 3.05) is 0 Å². The molecule has 1 aliphatic rings. The van der Waals surface area contributed by atoms with Gasteiger partial charge >= 0.3 is 0 Å². The number of aromatic nitrogens is 2. The van der Waals surface area contributed by atoms with E-state index >= 15 is 0 Å². The first-order valence-corrected chi connectivity index (χ1v) is 7.22. The molecule has 1 aromatic rings. The molecule has 0 atom stereocenters. The summed E-state index contributed by atoms with van der Waals surface area (Å²) < 4.78 is 1.80. The molecular weight excluding hydrogens is 248 g/mol. The highest BCUT2D eigenvalue weighted by molar-refractivity contribution is 6.32. The minimum atomic E-state index is 0.433. The number of carbonyl (C=O) groups excluding carboxylic acids is 1. The first-order chi connectivity index (χ1) is 8.63. The predicted molar refractivity (Wildman–Crippen MR) is 73.3 cm³/mol. The van der Waals surface area contributed by atoms with Gasteiger partial charge in [0.05, 0.1) is 11.3 Å². The highest BCUT2D eigenvalue weighted by Gasteiger charge is 2.25. The lowest BCUT2D eigenvalue weighted by atomic mass is 10.0. The molecule has 0 radical (unpaired) electrons. The molecule has 100 valence electrons. The zero-order chi connectivity index (χ0) is 13.1. The summed E-state index contributed by atoms with van der Waals surface area (Å²) in [5, 5.41) is 5.11. The van der Waals surface area contributed by atoms with E-state index in [-0.39, 0.29) is 0 Å². The van der Waals surface area contributed by atoms with Crippen molar-refractivity contribution in [2.45, 2.75) is 58.4 Å². The normalized spacial score (nSPS) is 16.7. The van der Waals surface area contributed by atoms with Crippen molar-refractivity contribution in [2.24, 2.45) is 5.92 Å². The van der Waals surface area contributed by atoms with Crippen LogP contribution >= 0.6 is 11.6 Å². The second-order valence-corrected chi connectivity index (χ2v) is 5.95. The number of hydrogen-bond acceptors (Lipinski definition) is 2. The minimum Gasteiger partial charge on any atom is -0.298 e. The molecule has 0 bridgehead atoms. The van der Waals surface area contributed by atoms with Gasteiger partial charge in [-0.25, -0.2) is 0 Å². The Morgan fingerprint density at radius 2 is 2.11 bits per heavy atom. The molecule has 2 rings (SSSR count). The van der Waals surface area contributed by atoms with Gasteiger partial charge in [-0.1, -0.05) is 38.3 Å². The number of carbonyl (C=O) groups is 1. The lowest BCUT2D eigenvalue weighted by Gasteiger charge is -2.06. The van der Waals surface area contributed by atoms with Crippen LogP contribution in [0, 0.1) is 5.92 Å².